The summed E-state index contributed by atoms with van der Waals surface area (Å²) in [6.45, 7) is 3.31. The second-order valence-electron chi connectivity index (χ2n) is 6.53. The second kappa shape index (κ2) is 10.5. The van der Waals surface area contributed by atoms with Crippen molar-refractivity contribution in [3.63, 3.8) is 0 Å². The zero-order valence-electron chi connectivity index (χ0n) is 16.0. The molecule has 27 heavy (non-hydrogen) atoms. The predicted octanol–water partition coefficient (Wildman–Crippen LogP) is 2.79. The van der Waals surface area contributed by atoms with Crippen LogP contribution in [0.15, 0.2) is 24.3 Å². The van der Waals surface area contributed by atoms with E-state index in [0.29, 0.717) is 50.3 Å². The Morgan fingerprint density at radius 1 is 1.11 bits per heavy atom. The van der Waals surface area contributed by atoms with Crippen LogP contribution in [0, 0.1) is 0 Å². The Hall–Kier alpha value is -2.57. The molecule has 2 rings (SSSR count). The summed E-state index contributed by atoms with van der Waals surface area (Å²) in [4.78, 5) is 37.6. The van der Waals surface area contributed by atoms with E-state index >= 15 is 0 Å². The maximum Gasteiger partial charge on any atom is 0.409 e. The molecule has 1 aliphatic rings. The van der Waals surface area contributed by atoms with Crippen molar-refractivity contribution in [3.05, 3.63) is 29.8 Å². The van der Waals surface area contributed by atoms with Crippen LogP contribution in [-0.4, -0.2) is 55.5 Å². The molecule has 0 unspecified atom stereocenters. The number of benzene rings is 1. The molecule has 0 aromatic heterocycles. The number of carbonyl (C=O) groups is 3. The molecule has 0 aliphatic carbocycles. The van der Waals surface area contributed by atoms with Crippen molar-refractivity contribution < 1.29 is 23.9 Å². The summed E-state index contributed by atoms with van der Waals surface area (Å²) in [5.74, 6) is 0.681. The molecule has 0 saturated carbocycles. The highest BCUT2D eigenvalue weighted by atomic mass is 16.6. The number of rotatable bonds is 8. The van der Waals surface area contributed by atoms with Gasteiger partial charge in [0.15, 0.2) is 5.78 Å². The highest BCUT2D eigenvalue weighted by molar-refractivity contribution is 5.96. The number of Topliss-reactive ketones (excluding diaryl/α,β-unsaturated/α-hetero) is 1. The summed E-state index contributed by atoms with van der Waals surface area (Å²) in [6.07, 6.45) is 2.31. The molecule has 148 valence electrons. The lowest BCUT2D eigenvalue weighted by Crippen LogP contribution is -2.46. The number of likely N-dealkylation sites (tertiary alicyclic amines) is 1. The fourth-order valence-electron chi connectivity index (χ4n) is 3.05. The normalized spacial score (nSPS) is 14.5. The lowest BCUT2D eigenvalue weighted by Gasteiger charge is -2.31. The Balaban J connectivity index is 1.65. The van der Waals surface area contributed by atoms with Gasteiger partial charge in [-0.15, -0.1) is 0 Å². The fourth-order valence-corrected chi connectivity index (χ4v) is 3.05. The van der Waals surface area contributed by atoms with Crippen LogP contribution >= 0.6 is 0 Å². The van der Waals surface area contributed by atoms with E-state index in [2.05, 4.69) is 5.32 Å². The molecular weight excluding hydrogens is 348 g/mol. The lowest BCUT2D eigenvalue weighted by atomic mass is 10.0. The van der Waals surface area contributed by atoms with Gasteiger partial charge in [-0.3, -0.25) is 9.59 Å². The first kappa shape index (κ1) is 20.7. The maximum absolute atomic E-state index is 12.1. The van der Waals surface area contributed by atoms with E-state index in [9.17, 15) is 14.4 Å². The van der Waals surface area contributed by atoms with Crippen molar-refractivity contribution in [3.8, 4) is 5.75 Å². The van der Waals surface area contributed by atoms with Gasteiger partial charge in [-0.2, -0.15) is 0 Å². The van der Waals surface area contributed by atoms with Gasteiger partial charge in [-0.1, -0.05) is 0 Å². The molecule has 1 heterocycles. The Morgan fingerprint density at radius 3 is 2.37 bits per heavy atom. The average molecular weight is 376 g/mol. The molecule has 1 aliphatic heterocycles. The lowest BCUT2D eigenvalue weighted by molar-refractivity contribution is -0.122. The Morgan fingerprint density at radius 2 is 1.78 bits per heavy atom. The minimum Gasteiger partial charge on any atom is -0.497 e. The van der Waals surface area contributed by atoms with E-state index in [1.807, 2.05) is 0 Å². The fraction of sp³-hybridized carbons (Fsp3) is 0.550. The average Bonchev–Trinajstić information content (AvgIpc) is 2.68. The summed E-state index contributed by atoms with van der Waals surface area (Å²) in [7, 11) is 1.58. The Bertz CT molecular complexity index is 636. The van der Waals surface area contributed by atoms with Gasteiger partial charge in [0.25, 0.3) is 0 Å². The maximum atomic E-state index is 12.1. The third-order valence-corrected chi connectivity index (χ3v) is 4.61. The zero-order chi connectivity index (χ0) is 19.6. The summed E-state index contributed by atoms with van der Waals surface area (Å²) in [6, 6.07) is 7.04. The van der Waals surface area contributed by atoms with E-state index in [1.165, 1.54) is 0 Å². The first-order valence-corrected chi connectivity index (χ1v) is 9.41. The number of carbonyl (C=O) groups excluding carboxylic acids is 3. The summed E-state index contributed by atoms with van der Waals surface area (Å²) < 4.78 is 10.1. The number of piperidine rings is 1. The molecule has 0 spiro atoms. The Kier molecular flexibility index (Phi) is 8.10. The molecule has 7 heteroatoms. The van der Waals surface area contributed by atoms with Crippen molar-refractivity contribution in [2.24, 2.45) is 0 Å². The van der Waals surface area contributed by atoms with Gasteiger partial charge in [0.05, 0.1) is 13.7 Å². The standard InChI is InChI=1S/C20H28N2O5/c1-3-27-20(25)22-13-11-16(12-14-22)21-19(24)6-4-5-18(23)15-7-9-17(26-2)10-8-15/h7-10,16H,3-6,11-14H2,1-2H3,(H,21,24). The van der Waals surface area contributed by atoms with Crippen LogP contribution in [0.4, 0.5) is 4.79 Å². The van der Waals surface area contributed by atoms with Gasteiger partial charge in [0.1, 0.15) is 5.75 Å². The molecule has 7 nitrogen and oxygen atoms in total. The van der Waals surface area contributed by atoms with E-state index < -0.39 is 0 Å². The highest BCUT2D eigenvalue weighted by Crippen LogP contribution is 2.15. The first-order valence-electron chi connectivity index (χ1n) is 9.41. The van der Waals surface area contributed by atoms with Gasteiger partial charge in [-0.25, -0.2) is 4.79 Å². The number of hydrogen-bond donors (Lipinski definition) is 1. The van der Waals surface area contributed by atoms with Crippen LogP contribution in [0.3, 0.4) is 0 Å². The minimum atomic E-state index is -0.292. The number of nitrogens with one attached hydrogen (secondary N) is 1. The number of amides is 2. The van der Waals surface area contributed by atoms with E-state index in [0.717, 1.165) is 12.8 Å². The molecule has 1 aromatic carbocycles. The number of ketones is 1. The molecule has 2 amide bonds. The monoisotopic (exact) mass is 376 g/mol. The summed E-state index contributed by atoms with van der Waals surface area (Å²) in [5.41, 5.74) is 0.627. The molecule has 1 aromatic rings. The molecule has 0 atom stereocenters. The summed E-state index contributed by atoms with van der Waals surface area (Å²) >= 11 is 0. The van der Waals surface area contributed by atoms with Crippen molar-refractivity contribution in [2.45, 2.75) is 45.1 Å². The van der Waals surface area contributed by atoms with Gasteiger partial charge < -0.3 is 19.7 Å². The molecule has 0 bridgehead atoms. The van der Waals surface area contributed by atoms with E-state index in [1.54, 1.807) is 43.2 Å². The number of nitrogens with zero attached hydrogens (tertiary/aromatic N) is 1. The Labute approximate surface area is 160 Å². The van der Waals surface area contributed by atoms with Gasteiger partial charge in [0, 0.05) is 37.5 Å². The van der Waals surface area contributed by atoms with Crippen LogP contribution in [-0.2, 0) is 9.53 Å². The number of methoxy groups -OCH3 is 1. The van der Waals surface area contributed by atoms with Crippen molar-refractivity contribution in [2.75, 3.05) is 26.8 Å². The zero-order valence-corrected chi connectivity index (χ0v) is 16.0. The van der Waals surface area contributed by atoms with Crippen molar-refractivity contribution in [1.82, 2.24) is 10.2 Å². The molecule has 1 saturated heterocycles. The van der Waals surface area contributed by atoms with E-state index in [-0.39, 0.29) is 23.8 Å². The molecule has 1 fully saturated rings. The molecular formula is C20H28N2O5. The van der Waals surface area contributed by atoms with Gasteiger partial charge in [0.2, 0.25) is 5.91 Å². The largest absolute Gasteiger partial charge is 0.497 e. The summed E-state index contributed by atoms with van der Waals surface area (Å²) in [5, 5.41) is 2.99. The van der Waals surface area contributed by atoms with Crippen LogP contribution < -0.4 is 10.1 Å². The third-order valence-electron chi connectivity index (χ3n) is 4.61. The quantitative estimate of drug-likeness (QED) is 0.705. The van der Waals surface area contributed by atoms with Gasteiger partial charge in [-0.05, 0) is 50.5 Å². The van der Waals surface area contributed by atoms with Crippen LogP contribution in [0.2, 0.25) is 0 Å². The third kappa shape index (κ3) is 6.58. The SMILES string of the molecule is CCOC(=O)N1CCC(NC(=O)CCCC(=O)c2ccc(OC)cc2)CC1. The van der Waals surface area contributed by atoms with Crippen LogP contribution in [0.1, 0.15) is 49.4 Å². The topological polar surface area (TPSA) is 84.9 Å². The first-order chi connectivity index (χ1) is 13.0. The molecule has 1 N–H and O–H groups in total. The number of ether oxygens (including phenoxy) is 2. The van der Waals surface area contributed by atoms with Crippen LogP contribution in [0.5, 0.6) is 5.75 Å². The van der Waals surface area contributed by atoms with Crippen LogP contribution in [0.25, 0.3) is 0 Å². The minimum absolute atomic E-state index is 0.0215. The van der Waals surface area contributed by atoms with Crippen molar-refractivity contribution in [1.29, 1.82) is 0 Å². The smallest absolute Gasteiger partial charge is 0.409 e. The second-order valence-corrected chi connectivity index (χ2v) is 6.53. The highest BCUT2D eigenvalue weighted by Gasteiger charge is 2.24. The molecule has 0 radical (unpaired) electrons. The predicted molar refractivity (Wildman–Crippen MR) is 101 cm³/mol. The number of hydrogen-bond acceptors (Lipinski definition) is 5. The van der Waals surface area contributed by atoms with Gasteiger partial charge >= 0.3 is 6.09 Å². The van der Waals surface area contributed by atoms with Crippen molar-refractivity contribution >= 4 is 17.8 Å². The van der Waals surface area contributed by atoms with E-state index in [4.69, 9.17) is 9.47 Å².